The summed E-state index contributed by atoms with van der Waals surface area (Å²) in [6.45, 7) is 6.30. The Morgan fingerprint density at radius 1 is 1.37 bits per heavy atom. The van der Waals surface area contributed by atoms with Gasteiger partial charge in [-0.1, -0.05) is 30.4 Å². The van der Waals surface area contributed by atoms with E-state index in [0.717, 1.165) is 26.8 Å². The molecule has 1 aromatic carbocycles. The van der Waals surface area contributed by atoms with Crippen LogP contribution in [-0.2, 0) is 24.4 Å². The Morgan fingerprint density at radius 3 is 2.85 bits per heavy atom. The molecule has 4 rings (SSSR count). The monoisotopic (exact) mass is 398 g/mol. The van der Waals surface area contributed by atoms with Crippen LogP contribution in [0, 0.1) is 0 Å². The van der Waals surface area contributed by atoms with Crippen molar-refractivity contribution >= 4 is 49.0 Å². The molecule has 4 aromatic rings. The molecular weight excluding hydrogens is 380 g/mol. The zero-order valence-electron chi connectivity index (χ0n) is 15.2. The smallest absolute Gasteiger partial charge is 0.291 e. The van der Waals surface area contributed by atoms with Crippen LogP contribution in [0.25, 0.3) is 26.8 Å². The van der Waals surface area contributed by atoms with Crippen molar-refractivity contribution in [2.45, 2.75) is 17.8 Å². The highest BCUT2D eigenvalue weighted by molar-refractivity contribution is 7.86. The van der Waals surface area contributed by atoms with Crippen LogP contribution < -0.4 is 5.56 Å². The van der Waals surface area contributed by atoms with Crippen molar-refractivity contribution in [3.63, 3.8) is 0 Å². The van der Waals surface area contributed by atoms with Gasteiger partial charge < -0.3 is 4.57 Å². The first-order valence-corrected chi connectivity index (χ1v) is 10.7. The van der Waals surface area contributed by atoms with E-state index in [0.29, 0.717) is 22.0 Å². The molecule has 3 heterocycles. The minimum absolute atomic E-state index is 0.167. The van der Waals surface area contributed by atoms with E-state index >= 15 is 0 Å². The maximum Gasteiger partial charge on any atom is 0.291 e. The number of fused-ring (bicyclic) bond motifs is 3. The molecule has 0 fully saturated rings. The topological polar surface area (TPSA) is 69.8 Å². The molecule has 0 bridgehead atoms. The molecule has 0 saturated carbocycles. The second-order valence-electron chi connectivity index (χ2n) is 6.50. The number of benzene rings is 1. The van der Waals surface area contributed by atoms with Gasteiger partial charge in [0.1, 0.15) is 5.52 Å². The minimum atomic E-state index is -1.15. The molecule has 0 aliphatic heterocycles. The molecular formula is C19H18N4O2S2. The lowest BCUT2D eigenvalue weighted by molar-refractivity contribution is 0.644. The fraction of sp³-hybridized carbons (Fsp3) is 0.211. The van der Waals surface area contributed by atoms with Crippen LogP contribution in [0.4, 0.5) is 0 Å². The molecule has 0 radical (unpaired) electrons. The Morgan fingerprint density at radius 2 is 2.15 bits per heavy atom. The Kier molecular flexibility index (Phi) is 4.32. The molecule has 0 spiro atoms. The van der Waals surface area contributed by atoms with Crippen LogP contribution in [0.3, 0.4) is 0 Å². The number of aryl methyl sites for hydroxylation is 1. The van der Waals surface area contributed by atoms with Crippen molar-refractivity contribution < 1.29 is 4.21 Å². The van der Waals surface area contributed by atoms with Crippen LogP contribution in [0.1, 0.15) is 18.1 Å². The average molecular weight is 399 g/mol. The van der Waals surface area contributed by atoms with E-state index in [4.69, 9.17) is 0 Å². The van der Waals surface area contributed by atoms with Crippen LogP contribution in [0.5, 0.6) is 0 Å². The second-order valence-corrected chi connectivity index (χ2v) is 9.05. The summed E-state index contributed by atoms with van der Waals surface area (Å²) in [4.78, 5) is 17.5. The fourth-order valence-corrected chi connectivity index (χ4v) is 4.89. The van der Waals surface area contributed by atoms with Crippen LogP contribution in [0.15, 0.2) is 46.2 Å². The number of rotatable bonds is 4. The van der Waals surface area contributed by atoms with E-state index in [1.54, 1.807) is 24.1 Å². The lowest BCUT2D eigenvalue weighted by Gasteiger charge is -2.07. The molecule has 8 heteroatoms. The van der Waals surface area contributed by atoms with Crippen molar-refractivity contribution in [1.29, 1.82) is 0 Å². The Hall–Kier alpha value is -2.58. The zero-order valence-corrected chi connectivity index (χ0v) is 16.9. The van der Waals surface area contributed by atoms with E-state index in [9.17, 15) is 9.00 Å². The molecule has 0 amide bonds. The standard InChI is InChI=1S/C19H18N4O2S2/c1-11(2)13-7-5-6-12(8-13)10-23-18(24)15-14(9-20-23)16-17(22(15)3)21-19(26-16)27(4)25/h5-9H,1,10H2,2-4H3. The van der Waals surface area contributed by atoms with Gasteiger partial charge in [0.25, 0.3) is 5.56 Å². The highest BCUT2D eigenvalue weighted by Gasteiger charge is 2.19. The summed E-state index contributed by atoms with van der Waals surface area (Å²) < 4.78 is 16.3. The molecule has 0 N–H and O–H groups in total. The van der Waals surface area contributed by atoms with Crippen LogP contribution in [0.2, 0.25) is 0 Å². The molecule has 3 aromatic heterocycles. The predicted octanol–water partition coefficient (Wildman–Crippen LogP) is 3.16. The highest BCUT2D eigenvalue weighted by atomic mass is 32.2. The second kappa shape index (κ2) is 6.54. The molecule has 0 saturated heterocycles. The summed E-state index contributed by atoms with van der Waals surface area (Å²) in [5, 5.41) is 5.11. The Balaban J connectivity index is 1.84. The quantitative estimate of drug-likeness (QED) is 0.529. The predicted molar refractivity (Wildman–Crippen MR) is 111 cm³/mol. The van der Waals surface area contributed by atoms with Crippen molar-refractivity contribution in [2.24, 2.45) is 7.05 Å². The third kappa shape index (κ3) is 2.94. The number of hydrogen-bond donors (Lipinski definition) is 0. The van der Waals surface area contributed by atoms with E-state index in [2.05, 4.69) is 16.7 Å². The zero-order chi connectivity index (χ0) is 19.3. The van der Waals surface area contributed by atoms with Crippen molar-refractivity contribution in [3.8, 4) is 0 Å². The van der Waals surface area contributed by atoms with E-state index in [1.807, 2.05) is 31.2 Å². The van der Waals surface area contributed by atoms with Crippen molar-refractivity contribution in [2.75, 3.05) is 6.26 Å². The van der Waals surface area contributed by atoms with E-state index < -0.39 is 10.8 Å². The van der Waals surface area contributed by atoms with Crippen molar-refractivity contribution in [1.82, 2.24) is 19.3 Å². The summed E-state index contributed by atoms with van der Waals surface area (Å²) >= 11 is 1.35. The third-order valence-corrected chi connectivity index (χ3v) is 6.91. The third-order valence-electron chi connectivity index (χ3n) is 4.50. The van der Waals surface area contributed by atoms with E-state index in [-0.39, 0.29) is 5.56 Å². The summed E-state index contributed by atoms with van der Waals surface area (Å²) in [7, 11) is 0.655. The summed E-state index contributed by atoms with van der Waals surface area (Å²) in [6.07, 6.45) is 3.30. The van der Waals surface area contributed by atoms with E-state index in [1.165, 1.54) is 16.0 Å². The summed E-state index contributed by atoms with van der Waals surface area (Å²) in [5.41, 5.74) is 4.07. The minimum Gasteiger partial charge on any atom is -0.323 e. The lowest BCUT2D eigenvalue weighted by Crippen LogP contribution is -2.24. The van der Waals surface area contributed by atoms with Gasteiger partial charge in [0, 0.05) is 18.7 Å². The molecule has 27 heavy (non-hydrogen) atoms. The molecule has 1 unspecified atom stereocenters. The van der Waals surface area contributed by atoms with Crippen LogP contribution >= 0.6 is 11.3 Å². The van der Waals surface area contributed by atoms with Gasteiger partial charge in [0.15, 0.2) is 9.99 Å². The largest absolute Gasteiger partial charge is 0.323 e. The van der Waals surface area contributed by atoms with Crippen LogP contribution in [-0.4, -0.2) is 29.8 Å². The SMILES string of the molecule is C=C(C)c1cccc(Cn2ncc3c4sc(S(C)=O)nc4n(C)c3c2=O)c1. The van der Waals surface area contributed by atoms with Gasteiger partial charge in [-0.3, -0.25) is 9.00 Å². The molecule has 138 valence electrons. The number of thiazole rings is 1. The lowest BCUT2D eigenvalue weighted by atomic mass is 10.1. The average Bonchev–Trinajstić information content (AvgIpc) is 3.18. The van der Waals surface area contributed by atoms with Gasteiger partial charge in [-0.15, -0.1) is 11.3 Å². The van der Waals surface area contributed by atoms with Gasteiger partial charge in [0.05, 0.1) is 28.2 Å². The molecule has 0 aliphatic rings. The highest BCUT2D eigenvalue weighted by Crippen LogP contribution is 2.31. The van der Waals surface area contributed by atoms with Crippen molar-refractivity contribution in [3.05, 3.63) is 58.5 Å². The molecule has 6 nitrogen and oxygen atoms in total. The van der Waals surface area contributed by atoms with Gasteiger partial charge >= 0.3 is 0 Å². The number of allylic oxidation sites excluding steroid dienone is 1. The summed E-state index contributed by atoms with van der Waals surface area (Å²) in [6, 6.07) is 7.95. The number of hydrogen-bond acceptors (Lipinski definition) is 5. The summed E-state index contributed by atoms with van der Waals surface area (Å²) in [5.74, 6) is 0. The van der Waals surface area contributed by atoms with Gasteiger partial charge in [-0.05, 0) is 24.1 Å². The maximum atomic E-state index is 13.0. The Bertz CT molecular complexity index is 1300. The maximum absolute atomic E-state index is 13.0. The van der Waals surface area contributed by atoms with Gasteiger partial charge in [-0.2, -0.15) is 5.10 Å². The first kappa shape index (κ1) is 17.8. The molecule has 0 aliphatic carbocycles. The normalized spacial score (nSPS) is 12.7. The van der Waals surface area contributed by atoms with Gasteiger partial charge in [0.2, 0.25) is 0 Å². The Labute approximate surface area is 162 Å². The number of nitrogens with zero attached hydrogens (tertiary/aromatic N) is 4. The molecule has 1 atom stereocenters. The number of aromatic nitrogens is 4. The first-order chi connectivity index (χ1) is 12.9. The fourth-order valence-electron chi connectivity index (χ4n) is 3.11. The first-order valence-electron chi connectivity index (χ1n) is 8.30. The van der Waals surface area contributed by atoms with Gasteiger partial charge in [-0.25, -0.2) is 9.67 Å².